The number of rotatable bonds is 15. The first kappa shape index (κ1) is 32.8. The molecule has 1 N–H and O–H groups in total. The van der Waals surface area contributed by atoms with Crippen LogP contribution in [0.3, 0.4) is 0 Å². The summed E-state index contributed by atoms with van der Waals surface area (Å²) in [6.07, 6.45) is 5.87. The summed E-state index contributed by atoms with van der Waals surface area (Å²) >= 11 is 3.12. The van der Waals surface area contributed by atoms with Gasteiger partial charge in [0.25, 0.3) is 0 Å². The third-order valence-electron chi connectivity index (χ3n) is 5.53. The molecule has 4 rings (SSSR count). The molecule has 0 bridgehead atoms. The zero-order valence-electron chi connectivity index (χ0n) is 21.7. The monoisotopic (exact) mass is 583 g/mol. The zero-order valence-corrected chi connectivity index (χ0v) is 23.3. The van der Waals surface area contributed by atoms with Crippen LogP contribution in [0.4, 0.5) is 27.3 Å². The molecule has 0 saturated heterocycles. The molecule has 0 aliphatic heterocycles. The lowest BCUT2D eigenvalue weighted by Crippen LogP contribution is -2.23. The minimum atomic E-state index is 0. The van der Waals surface area contributed by atoms with Crippen LogP contribution in [0, 0.1) is 0 Å². The van der Waals surface area contributed by atoms with Crippen molar-refractivity contribution in [2.75, 3.05) is 38.3 Å². The van der Waals surface area contributed by atoms with E-state index in [-0.39, 0.29) is 14.9 Å². The molecule has 0 fully saturated rings. The number of hydrogen-bond acceptors (Lipinski definition) is 9. The first-order valence-corrected chi connectivity index (χ1v) is 14.2. The van der Waals surface area contributed by atoms with Crippen molar-refractivity contribution in [1.82, 2.24) is 0 Å². The summed E-state index contributed by atoms with van der Waals surface area (Å²) in [6.45, 7) is 3.25. The van der Waals surface area contributed by atoms with Gasteiger partial charge in [0, 0.05) is 29.6 Å². The molecule has 4 aromatic rings. The second-order valence-electron chi connectivity index (χ2n) is 8.46. The van der Waals surface area contributed by atoms with Gasteiger partial charge in [0.2, 0.25) is 0 Å². The maximum Gasteiger partial charge on any atom is 0.408 e. The van der Waals surface area contributed by atoms with Gasteiger partial charge >= 0.3 is 10.3 Å². The van der Waals surface area contributed by atoms with E-state index in [1.165, 1.54) is 5.56 Å². The number of anilines is 1. The Hall–Kier alpha value is -3.38. The fourth-order valence-corrected chi connectivity index (χ4v) is 4.75. The van der Waals surface area contributed by atoms with E-state index >= 15 is 0 Å². The Morgan fingerprint density at radius 2 is 1.20 bits per heavy atom. The number of nitrogens with one attached hydrogen (secondary N) is 1. The number of ether oxygens (including phenoxy) is 2. The van der Waals surface area contributed by atoms with Crippen LogP contribution in [-0.4, -0.2) is 33.0 Å². The Labute approximate surface area is 245 Å². The molecule has 40 heavy (non-hydrogen) atoms. The summed E-state index contributed by atoms with van der Waals surface area (Å²) in [7, 11) is 3.92. The molecular weight excluding hydrogens is 543 g/mol. The Morgan fingerprint density at radius 3 is 1.73 bits per heavy atom. The van der Waals surface area contributed by atoms with E-state index in [2.05, 4.69) is 37.9 Å². The summed E-state index contributed by atoms with van der Waals surface area (Å²) in [6, 6.07) is 16.1. The molecule has 0 aliphatic carbocycles. The van der Waals surface area contributed by atoms with Crippen LogP contribution in [0.2, 0.25) is 0 Å². The molecule has 2 heterocycles. The van der Waals surface area contributed by atoms with Crippen LogP contribution in [0.5, 0.6) is 0 Å². The van der Waals surface area contributed by atoms with Crippen LogP contribution < -0.4 is 14.5 Å². The van der Waals surface area contributed by atoms with Gasteiger partial charge in [-0.25, -0.2) is 9.13 Å². The number of azo groups is 2. The summed E-state index contributed by atoms with van der Waals surface area (Å²) in [5.74, 6) is 0. The second-order valence-corrected chi connectivity index (χ2v) is 10.2. The fraction of sp³-hybridized carbons (Fsp3) is 0.379. The van der Waals surface area contributed by atoms with Gasteiger partial charge in [-0.2, -0.15) is 0 Å². The van der Waals surface area contributed by atoms with Gasteiger partial charge in [0.15, 0.2) is 0 Å². The summed E-state index contributed by atoms with van der Waals surface area (Å²) in [5.41, 5.74) is 3.97. The highest BCUT2D eigenvalue weighted by molar-refractivity contribution is 7.13. The van der Waals surface area contributed by atoms with E-state index in [9.17, 15) is 0 Å². The predicted octanol–water partition coefficient (Wildman–Crippen LogP) is 7.64. The number of hydrogen-bond donors (Lipinski definition) is 1. The first-order valence-electron chi connectivity index (χ1n) is 12.5. The molecule has 11 heteroatoms. The average molecular weight is 584 g/mol. The minimum Gasteiger partial charge on any atom is -0.383 e. The number of aromatic nitrogens is 2. The molecule has 0 aliphatic rings. The van der Waals surface area contributed by atoms with Crippen LogP contribution in [0.1, 0.15) is 26.8 Å². The third kappa shape index (κ3) is 11.0. The molecule has 0 unspecified atom stereocenters. The SMILES string of the molecule is C.C.C[n+]1ccsc1N=Nc1ccc(CCCOCCOCCNc2ccc(N=Nc3scc[n+]3C)cc2)cc1. The van der Waals surface area contributed by atoms with E-state index in [0.29, 0.717) is 26.4 Å². The number of benzene rings is 2. The zero-order chi connectivity index (χ0) is 26.4. The van der Waals surface area contributed by atoms with Crippen molar-refractivity contribution in [1.29, 1.82) is 0 Å². The van der Waals surface area contributed by atoms with Gasteiger partial charge < -0.3 is 14.8 Å². The molecule has 0 radical (unpaired) electrons. The van der Waals surface area contributed by atoms with Gasteiger partial charge in [-0.1, -0.05) is 27.0 Å². The van der Waals surface area contributed by atoms with Crippen LogP contribution in [-0.2, 0) is 30.0 Å². The Kier molecular flexibility index (Phi) is 14.8. The van der Waals surface area contributed by atoms with Crippen LogP contribution >= 0.6 is 22.7 Å². The third-order valence-corrected chi connectivity index (χ3v) is 7.20. The van der Waals surface area contributed by atoms with Gasteiger partial charge in [-0.3, -0.25) is 0 Å². The lowest BCUT2D eigenvalue weighted by molar-refractivity contribution is -0.654. The highest BCUT2D eigenvalue weighted by atomic mass is 32.1. The van der Waals surface area contributed by atoms with Gasteiger partial charge in [-0.05, 0) is 87.7 Å². The van der Waals surface area contributed by atoms with E-state index < -0.39 is 0 Å². The first-order chi connectivity index (χ1) is 18.7. The molecule has 0 atom stereocenters. The lowest BCUT2D eigenvalue weighted by Gasteiger charge is -2.08. The van der Waals surface area contributed by atoms with E-state index in [1.807, 2.05) is 82.8 Å². The second kappa shape index (κ2) is 18.1. The highest BCUT2D eigenvalue weighted by Crippen LogP contribution is 2.21. The van der Waals surface area contributed by atoms with Crippen molar-refractivity contribution in [2.24, 2.45) is 34.6 Å². The van der Waals surface area contributed by atoms with Crippen molar-refractivity contribution in [3.63, 3.8) is 0 Å². The number of nitrogens with zero attached hydrogens (tertiary/aromatic N) is 6. The molecule has 214 valence electrons. The van der Waals surface area contributed by atoms with Gasteiger partial charge in [0.1, 0.15) is 23.8 Å². The van der Waals surface area contributed by atoms with Gasteiger partial charge in [0.05, 0.1) is 44.1 Å². The average Bonchev–Trinajstić information content (AvgIpc) is 3.55. The summed E-state index contributed by atoms with van der Waals surface area (Å²) in [4.78, 5) is 0. The summed E-state index contributed by atoms with van der Waals surface area (Å²) < 4.78 is 15.3. The predicted molar refractivity (Wildman–Crippen MR) is 164 cm³/mol. The fourth-order valence-electron chi connectivity index (χ4n) is 3.39. The number of thiazole rings is 2. The molecule has 2 aromatic heterocycles. The lowest BCUT2D eigenvalue weighted by atomic mass is 10.1. The standard InChI is InChI=1S/C27H32N7O2S2.2CH4/c1-33-14-20-37-26(33)31-29-24-7-5-22(6-8-24)4-3-16-35-18-19-36-17-13-28-23-9-11-25(12-10-23)30-32-27-34(2)15-21-38-27;;/h5-12,14-15,20-21H,3-4,13,16-19H2,1-2H3;2*1H4/q+1;;/p+1. The highest BCUT2D eigenvalue weighted by Gasteiger charge is 2.08. The Balaban J connectivity index is 0.00000280. The largest absolute Gasteiger partial charge is 0.408 e. The van der Waals surface area contributed by atoms with Crippen molar-refractivity contribution < 1.29 is 18.6 Å². The minimum absolute atomic E-state index is 0. The quantitative estimate of drug-likeness (QED) is 0.0886. The van der Waals surface area contributed by atoms with Crippen molar-refractivity contribution in [2.45, 2.75) is 27.7 Å². The van der Waals surface area contributed by atoms with E-state index in [1.54, 1.807) is 22.7 Å². The van der Waals surface area contributed by atoms with Crippen molar-refractivity contribution in [3.8, 4) is 0 Å². The maximum atomic E-state index is 5.71. The normalized spacial score (nSPS) is 11.1. The maximum absolute atomic E-state index is 5.71. The van der Waals surface area contributed by atoms with Crippen molar-refractivity contribution >= 4 is 50.0 Å². The van der Waals surface area contributed by atoms with Crippen LogP contribution in [0.15, 0.2) is 92.1 Å². The molecule has 9 nitrogen and oxygen atoms in total. The smallest absolute Gasteiger partial charge is 0.383 e. The molecule has 2 aromatic carbocycles. The molecular formula is C29H41N7O2S2+2. The van der Waals surface area contributed by atoms with Gasteiger partial charge in [-0.15, -0.1) is 0 Å². The number of aryl methyl sites for hydroxylation is 3. The Morgan fingerprint density at radius 1 is 0.675 bits per heavy atom. The molecule has 0 amide bonds. The molecule has 0 spiro atoms. The van der Waals surface area contributed by atoms with Crippen molar-refractivity contribution in [3.05, 3.63) is 77.2 Å². The van der Waals surface area contributed by atoms with E-state index in [4.69, 9.17) is 9.47 Å². The van der Waals surface area contributed by atoms with E-state index in [0.717, 1.165) is 46.7 Å². The Bertz CT molecular complexity index is 1200. The topological polar surface area (TPSA) is 87.7 Å². The molecule has 0 saturated carbocycles. The van der Waals surface area contributed by atoms with Crippen LogP contribution in [0.25, 0.3) is 0 Å². The summed E-state index contributed by atoms with van der Waals surface area (Å²) in [5, 5.41) is 26.2.